The summed E-state index contributed by atoms with van der Waals surface area (Å²) in [4.78, 5) is 16.6. The number of piperazine rings is 1. The van der Waals surface area contributed by atoms with Crippen LogP contribution in [0.5, 0.6) is 0 Å². The average Bonchev–Trinajstić information content (AvgIpc) is 2.40. The Bertz CT molecular complexity index is 500. The van der Waals surface area contributed by atoms with Gasteiger partial charge in [0.05, 0.1) is 0 Å². The smallest absolute Gasteiger partial charge is 0.228 e. The van der Waals surface area contributed by atoms with E-state index in [9.17, 15) is 4.79 Å². The Labute approximate surface area is 130 Å². The van der Waals surface area contributed by atoms with Gasteiger partial charge in [-0.15, -0.1) is 0 Å². The van der Waals surface area contributed by atoms with E-state index in [4.69, 9.17) is 0 Å². The Morgan fingerprint density at radius 1 is 1.15 bits per heavy atom. The summed E-state index contributed by atoms with van der Waals surface area (Å²) < 4.78 is 1.14. The predicted octanol–water partition coefficient (Wildman–Crippen LogP) is 3.45. The molecule has 0 aromatic heterocycles. The lowest BCUT2D eigenvalue weighted by Gasteiger charge is -2.38. The molecule has 1 aromatic carbocycles. The van der Waals surface area contributed by atoms with E-state index in [-0.39, 0.29) is 11.3 Å². The second-order valence-electron chi connectivity index (χ2n) is 6.46. The van der Waals surface area contributed by atoms with E-state index in [1.807, 2.05) is 25.7 Å². The van der Waals surface area contributed by atoms with Crippen molar-refractivity contribution in [1.29, 1.82) is 0 Å². The average molecular weight is 339 g/mol. The van der Waals surface area contributed by atoms with Gasteiger partial charge in [0.15, 0.2) is 0 Å². The van der Waals surface area contributed by atoms with Gasteiger partial charge in [-0.2, -0.15) is 0 Å². The fourth-order valence-corrected chi connectivity index (χ4v) is 2.79. The zero-order chi connectivity index (χ0) is 14.9. The van der Waals surface area contributed by atoms with Crippen LogP contribution in [0.25, 0.3) is 0 Å². The van der Waals surface area contributed by atoms with E-state index < -0.39 is 0 Å². The van der Waals surface area contributed by atoms with E-state index >= 15 is 0 Å². The second kappa shape index (κ2) is 5.76. The molecule has 1 amide bonds. The zero-order valence-electron chi connectivity index (χ0n) is 12.7. The Kier molecular flexibility index (Phi) is 4.43. The maximum absolute atomic E-state index is 12.3. The summed E-state index contributed by atoms with van der Waals surface area (Å²) in [5.74, 6) is 0.252. The molecule has 1 aromatic rings. The molecule has 2 rings (SSSR count). The van der Waals surface area contributed by atoms with Crippen LogP contribution in [0.3, 0.4) is 0 Å². The number of hydrogen-bond acceptors (Lipinski definition) is 2. The highest BCUT2D eigenvalue weighted by Crippen LogP contribution is 2.25. The van der Waals surface area contributed by atoms with E-state index in [2.05, 4.69) is 46.0 Å². The fourth-order valence-electron chi connectivity index (χ4n) is 2.42. The highest BCUT2D eigenvalue weighted by atomic mass is 79.9. The van der Waals surface area contributed by atoms with Crippen LogP contribution >= 0.6 is 15.9 Å². The highest BCUT2D eigenvalue weighted by molar-refractivity contribution is 9.10. The summed E-state index contributed by atoms with van der Waals surface area (Å²) in [6, 6.07) is 6.45. The van der Waals surface area contributed by atoms with Crippen molar-refractivity contribution in [3.05, 3.63) is 28.2 Å². The first-order valence-corrected chi connectivity index (χ1v) is 7.89. The SMILES string of the molecule is Cc1ccc(N2CCN(C(=O)C(C)(C)C)CC2)cc1Br. The Morgan fingerprint density at radius 3 is 2.25 bits per heavy atom. The summed E-state index contributed by atoms with van der Waals surface area (Å²) in [5.41, 5.74) is 2.19. The molecule has 0 spiro atoms. The summed E-state index contributed by atoms with van der Waals surface area (Å²) in [5, 5.41) is 0. The molecule has 0 bridgehead atoms. The third-order valence-electron chi connectivity index (χ3n) is 3.73. The summed E-state index contributed by atoms with van der Waals surface area (Å²) in [6.45, 7) is 11.5. The van der Waals surface area contributed by atoms with Gasteiger partial charge in [-0.1, -0.05) is 42.8 Å². The number of anilines is 1. The lowest BCUT2D eigenvalue weighted by Crippen LogP contribution is -2.51. The van der Waals surface area contributed by atoms with Gasteiger partial charge in [0.1, 0.15) is 0 Å². The fraction of sp³-hybridized carbons (Fsp3) is 0.562. The third kappa shape index (κ3) is 3.35. The molecule has 1 saturated heterocycles. The molecule has 1 heterocycles. The number of amides is 1. The van der Waals surface area contributed by atoms with Crippen molar-refractivity contribution in [2.75, 3.05) is 31.1 Å². The summed E-state index contributed by atoms with van der Waals surface area (Å²) in [6.07, 6.45) is 0. The van der Waals surface area contributed by atoms with Crippen molar-refractivity contribution in [3.8, 4) is 0 Å². The number of rotatable bonds is 1. The second-order valence-corrected chi connectivity index (χ2v) is 7.32. The van der Waals surface area contributed by atoms with Gasteiger partial charge in [0, 0.05) is 41.8 Å². The van der Waals surface area contributed by atoms with Gasteiger partial charge in [-0.25, -0.2) is 0 Å². The van der Waals surface area contributed by atoms with Crippen LogP contribution in [0, 0.1) is 12.3 Å². The number of carbonyl (C=O) groups is 1. The molecule has 0 aliphatic carbocycles. The third-order valence-corrected chi connectivity index (χ3v) is 4.58. The van der Waals surface area contributed by atoms with E-state index in [0.29, 0.717) is 0 Å². The number of hydrogen-bond donors (Lipinski definition) is 0. The molecule has 0 N–H and O–H groups in total. The van der Waals surface area contributed by atoms with Crippen LogP contribution in [0.15, 0.2) is 22.7 Å². The Balaban J connectivity index is 2.01. The molecule has 4 heteroatoms. The van der Waals surface area contributed by atoms with Crippen molar-refractivity contribution >= 4 is 27.5 Å². The molecule has 20 heavy (non-hydrogen) atoms. The molecular formula is C16H23BrN2O. The molecule has 1 aliphatic rings. The van der Waals surface area contributed by atoms with Gasteiger partial charge >= 0.3 is 0 Å². The first kappa shape index (κ1) is 15.4. The number of nitrogens with zero attached hydrogens (tertiary/aromatic N) is 2. The topological polar surface area (TPSA) is 23.6 Å². The van der Waals surface area contributed by atoms with E-state index in [1.165, 1.54) is 11.3 Å². The van der Waals surface area contributed by atoms with Gasteiger partial charge in [-0.05, 0) is 24.6 Å². The minimum Gasteiger partial charge on any atom is -0.368 e. The zero-order valence-corrected chi connectivity index (χ0v) is 14.3. The van der Waals surface area contributed by atoms with E-state index in [0.717, 1.165) is 30.7 Å². The molecule has 110 valence electrons. The molecule has 0 atom stereocenters. The van der Waals surface area contributed by atoms with Crippen molar-refractivity contribution in [1.82, 2.24) is 4.90 Å². The van der Waals surface area contributed by atoms with Gasteiger partial charge in [0.2, 0.25) is 5.91 Å². The van der Waals surface area contributed by atoms with Crippen LogP contribution in [0.1, 0.15) is 26.3 Å². The van der Waals surface area contributed by atoms with Crippen molar-refractivity contribution in [2.24, 2.45) is 5.41 Å². The van der Waals surface area contributed by atoms with Gasteiger partial charge < -0.3 is 9.80 Å². The van der Waals surface area contributed by atoms with Gasteiger partial charge in [0.25, 0.3) is 0 Å². The number of aryl methyl sites for hydroxylation is 1. The van der Waals surface area contributed by atoms with Crippen LogP contribution in [-0.4, -0.2) is 37.0 Å². The monoisotopic (exact) mass is 338 g/mol. The quantitative estimate of drug-likeness (QED) is 0.782. The maximum Gasteiger partial charge on any atom is 0.228 e. The summed E-state index contributed by atoms with van der Waals surface area (Å²) in [7, 11) is 0. The van der Waals surface area contributed by atoms with E-state index in [1.54, 1.807) is 0 Å². The van der Waals surface area contributed by atoms with Crippen LogP contribution in [0.4, 0.5) is 5.69 Å². The maximum atomic E-state index is 12.3. The summed E-state index contributed by atoms with van der Waals surface area (Å²) >= 11 is 3.58. The number of benzene rings is 1. The minimum absolute atomic E-state index is 0.252. The first-order valence-electron chi connectivity index (χ1n) is 7.09. The molecule has 0 radical (unpaired) electrons. The number of carbonyl (C=O) groups excluding carboxylic acids is 1. The highest BCUT2D eigenvalue weighted by Gasteiger charge is 2.29. The minimum atomic E-state index is -0.283. The van der Waals surface area contributed by atoms with Crippen LogP contribution < -0.4 is 4.90 Å². The molecular weight excluding hydrogens is 316 g/mol. The molecule has 1 aliphatic heterocycles. The molecule has 3 nitrogen and oxygen atoms in total. The molecule has 0 unspecified atom stereocenters. The van der Waals surface area contributed by atoms with Crippen molar-refractivity contribution < 1.29 is 4.79 Å². The molecule has 0 saturated carbocycles. The largest absolute Gasteiger partial charge is 0.368 e. The lowest BCUT2D eigenvalue weighted by atomic mass is 9.94. The Hall–Kier alpha value is -1.03. The standard InChI is InChI=1S/C16H23BrN2O/c1-12-5-6-13(11-14(12)17)18-7-9-19(10-8-18)15(20)16(2,3)4/h5-6,11H,7-10H2,1-4H3. The predicted molar refractivity (Wildman–Crippen MR) is 87.1 cm³/mol. The Morgan fingerprint density at radius 2 is 1.75 bits per heavy atom. The van der Waals surface area contributed by atoms with Crippen LogP contribution in [0.2, 0.25) is 0 Å². The lowest BCUT2D eigenvalue weighted by molar-refractivity contribution is -0.139. The van der Waals surface area contributed by atoms with Crippen molar-refractivity contribution in [3.63, 3.8) is 0 Å². The molecule has 1 fully saturated rings. The van der Waals surface area contributed by atoms with Crippen molar-refractivity contribution in [2.45, 2.75) is 27.7 Å². The van der Waals surface area contributed by atoms with Crippen LogP contribution in [-0.2, 0) is 4.79 Å². The number of halogens is 1. The normalized spacial score (nSPS) is 16.4. The van der Waals surface area contributed by atoms with Gasteiger partial charge in [-0.3, -0.25) is 4.79 Å². The first-order chi connectivity index (χ1) is 9.29.